The number of benzene rings is 2. The van der Waals surface area contributed by atoms with E-state index in [4.69, 9.17) is 4.74 Å². The fourth-order valence-corrected chi connectivity index (χ4v) is 4.56. The molecule has 2 aromatic carbocycles. The van der Waals surface area contributed by atoms with Crippen LogP contribution in [0.5, 0.6) is 5.75 Å². The van der Waals surface area contributed by atoms with Gasteiger partial charge in [-0.25, -0.2) is 13.6 Å². The average molecular weight is 415 g/mol. The normalized spacial score (nSPS) is 20.0. The maximum atomic E-state index is 13.3. The van der Waals surface area contributed by atoms with Gasteiger partial charge in [-0.15, -0.1) is 0 Å². The molecule has 1 atom stereocenters. The fourth-order valence-electron chi connectivity index (χ4n) is 4.56. The minimum atomic E-state index is -1.04. The van der Waals surface area contributed by atoms with Gasteiger partial charge in [-0.05, 0) is 66.8 Å². The summed E-state index contributed by atoms with van der Waals surface area (Å²) in [6.07, 6.45) is 10.4. The average Bonchev–Trinajstić information content (AvgIpc) is 2.75. The van der Waals surface area contributed by atoms with Crippen molar-refractivity contribution in [2.45, 2.75) is 65.2 Å². The van der Waals surface area contributed by atoms with Gasteiger partial charge in [-0.2, -0.15) is 0 Å². The number of hydrogen-bond acceptors (Lipinski definition) is 2. The van der Waals surface area contributed by atoms with E-state index in [0.717, 1.165) is 30.4 Å². The predicted octanol–water partition coefficient (Wildman–Crippen LogP) is 7.36. The van der Waals surface area contributed by atoms with E-state index in [0.29, 0.717) is 11.5 Å². The largest absolute Gasteiger partial charge is 0.423 e. The molecule has 1 fully saturated rings. The lowest BCUT2D eigenvalue weighted by Crippen LogP contribution is -2.21. The Kier molecular flexibility index (Phi) is 8.01. The molecule has 2 aromatic rings. The monoisotopic (exact) mass is 414 g/mol. The quantitative estimate of drug-likeness (QED) is 0.333. The standard InChI is InChI=1S/C26H32F2O2/c1-3-4-5-19-6-10-21(11-7-19)18(2)16-20-8-12-22(13-9-20)26(29)30-23-14-15-24(27)25(28)17-23/h8-9,12-15,17-19,21H,3-7,10-11,16H2,1-2H3. The van der Waals surface area contributed by atoms with Crippen LogP contribution in [0.2, 0.25) is 0 Å². The van der Waals surface area contributed by atoms with Crippen LogP contribution < -0.4 is 4.74 Å². The maximum Gasteiger partial charge on any atom is 0.343 e. The topological polar surface area (TPSA) is 26.3 Å². The Morgan fingerprint density at radius 1 is 1.03 bits per heavy atom. The highest BCUT2D eigenvalue weighted by atomic mass is 19.2. The van der Waals surface area contributed by atoms with E-state index in [-0.39, 0.29) is 5.75 Å². The highest BCUT2D eigenvalue weighted by molar-refractivity contribution is 5.91. The molecule has 2 nitrogen and oxygen atoms in total. The molecule has 0 aromatic heterocycles. The minimum absolute atomic E-state index is 0.00821. The van der Waals surface area contributed by atoms with Crippen molar-refractivity contribution in [2.24, 2.45) is 17.8 Å². The zero-order chi connectivity index (χ0) is 21.5. The third kappa shape index (κ3) is 6.13. The molecule has 0 heterocycles. The van der Waals surface area contributed by atoms with Gasteiger partial charge in [0.2, 0.25) is 0 Å². The summed E-state index contributed by atoms with van der Waals surface area (Å²) in [7, 11) is 0. The van der Waals surface area contributed by atoms with Crippen LogP contribution in [0.4, 0.5) is 8.78 Å². The Hall–Kier alpha value is -2.23. The zero-order valence-corrected chi connectivity index (χ0v) is 18.0. The number of esters is 1. The molecule has 1 aliphatic rings. The Balaban J connectivity index is 1.50. The Morgan fingerprint density at radius 2 is 1.73 bits per heavy atom. The van der Waals surface area contributed by atoms with Crippen LogP contribution in [0.15, 0.2) is 42.5 Å². The minimum Gasteiger partial charge on any atom is -0.423 e. The Labute approximate surface area is 178 Å². The molecule has 162 valence electrons. The van der Waals surface area contributed by atoms with E-state index in [1.807, 2.05) is 12.1 Å². The molecule has 0 saturated heterocycles. The molecule has 30 heavy (non-hydrogen) atoms. The molecule has 0 bridgehead atoms. The van der Waals surface area contributed by atoms with E-state index in [2.05, 4.69) is 13.8 Å². The molecule has 3 rings (SSSR count). The summed E-state index contributed by atoms with van der Waals surface area (Å²) in [5.74, 6) is -0.268. The van der Waals surface area contributed by atoms with Gasteiger partial charge in [0.1, 0.15) is 5.75 Å². The first-order chi connectivity index (χ1) is 14.5. The first-order valence-electron chi connectivity index (χ1n) is 11.2. The van der Waals surface area contributed by atoms with Gasteiger partial charge in [-0.1, -0.05) is 58.1 Å². The van der Waals surface area contributed by atoms with Gasteiger partial charge < -0.3 is 4.74 Å². The third-order valence-electron chi connectivity index (χ3n) is 6.51. The third-order valence-corrected chi connectivity index (χ3v) is 6.51. The number of halogens is 2. The molecule has 0 radical (unpaired) electrons. The molecule has 0 aliphatic heterocycles. The molecular weight excluding hydrogens is 382 g/mol. The lowest BCUT2D eigenvalue weighted by atomic mass is 9.73. The summed E-state index contributed by atoms with van der Waals surface area (Å²) in [6.45, 7) is 4.60. The van der Waals surface area contributed by atoms with Crippen LogP contribution in [0.1, 0.15) is 74.7 Å². The van der Waals surface area contributed by atoms with Crippen LogP contribution in [-0.2, 0) is 6.42 Å². The van der Waals surface area contributed by atoms with E-state index in [9.17, 15) is 13.6 Å². The number of hydrogen-bond donors (Lipinski definition) is 0. The maximum absolute atomic E-state index is 13.3. The highest BCUT2D eigenvalue weighted by Crippen LogP contribution is 2.36. The smallest absolute Gasteiger partial charge is 0.343 e. The second kappa shape index (κ2) is 10.7. The molecule has 1 saturated carbocycles. The Bertz CT molecular complexity index is 823. The van der Waals surface area contributed by atoms with Gasteiger partial charge in [0, 0.05) is 6.07 Å². The molecule has 0 N–H and O–H groups in total. The summed E-state index contributed by atoms with van der Waals surface area (Å²) in [4.78, 5) is 12.3. The molecular formula is C26H32F2O2. The van der Waals surface area contributed by atoms with Crippen molar-refractivity contribution in [1.29, 1.82) is 0 Å². The first kappa shape index (κ1) is 22.5. The summed E-state index contributed by atoms with van der Waals surface area (Å²) in [6, 6.07) is 10.5. The van der Waals surface area contributed by atoms with Gasteiger partial charge in [0.05, 0.1) is 5.56 Å². The molecule has 0 spiro atoms. The van der Waals surface area contributed by atoms with Crippen molar-refractivity contribution < 1.29 is 18.3 Å². The highest BCUT2D eigenvalue weighted by Gasteiger charge is 2.25. The van der Waals surface area contributed by atoms with Crippen LogP contribution >= 0.6 is 0 Å². The van der Waals surface area contributed by atoms with E-state index in [1.165, 1.54) is 56.6 Å². The van der Waals surface area contributed by atoms with Crippen LogP contribution in [-0.4, -0.2) is 5.97 Å². The van der Waals surface area contributed by atoms with E-state index >= 15 is 0 Å². The van der Waals surface area contributed by atoms with Crippen molar-refractivity contribution in [3.05, 3.63) is 65.2 Å². The van der Waals surface area contributed by atoms with Gasteiger partial charge in [0.25, 0.3) is 0 Å². The zero-order valence-electron chi connectivity index (χ0n) is 18.0. The fraction of sp³-hybridized carbons (Fsp3) is 0.500. The lowest BCUT2D eigenvalue weighted by Gasteiger charge is -2.32. The number of rotatable bonds is 8. The van der Waals surface area contributed by atoms with Crippen molar-refractivity contribution in [3.63, 3.8) is 0 Å². The summed E-state index contributed by atoms with van der Waals surface area (Å²) < 4.78 is 31.4. The summed E-state index contributed by atoms with van der Waals surface area (Å²) in [5, 5.41) is 0. The second-order valence-electron chi connectivity index (χ2n) is 8.77. The number of carbonyl (C=O) groups is 1. The molecule has 1 aliphatic carbocycles. The number of carbonyl (C=O) groups excluding carboxylic acids is 1. The van der Waals surface area contributed by atoms with Crippen LogP contribution in [0, 0.1) is 29.4 Å². The molecule has 1 unspecified atom stereocenters. The van der Waals surface area contributed by atoms with Gasteiger partial charge in [-0.3, -0.25) is 0 Å². The van der Waals surface area contributed by atoms with Crippen LogP contribution in [0.25, 0.3) is 0 Å². The summed E-state index contributed by atoms with van der Waals surface area (Å²) in [5.41, 5.74) is 1.60. The second-order valence-corrected chi connectivity index (χ2v) is 8.77. The van der Waals surface area contributed by atoms with E-state index < -0.39 is 17.6 Å². The van der Waals surface area contributed by atoms with Crippen LogP contribution in [0.3, 0.4) is 0 Å². The van der Waals surface area contributed by atoms with Crippen molar-refractivity contribution in [1.82, 2.24) is 0 Å². The predicted molar refractivity (Wildman–Crippen MR) is 116 cm³/mol. The first-order valence-corrected chi connectivity index (χ1v) is 11.2. The number of ether oxygens (including phenoxy) is 1. The SMILES string of the molecule is CCCCC1CCC(C(C)Cc2ccc(C(=O)Oc3ccc(F)c(F)c3)cc2)CC1. The lowest BCUT2D eigenvalue weighted by molar-refractivity contribution is 0.0734. The molecule has 4 heteroatoms. The summed E-state index contributed by atoms with van der Waals surface area (Å²) >= 11 is 0. The Morgan fingerprint density at radius 3 is 2.37 bits per heavy atom. The van der Waals surface area contributed by atoms with Crippen molar-refractivity contribution in [2.75, 3.05) is 0 Å². The molecule has 0 amide bonds. The van der Waals surface area contributed by atoms with Gasteiger partial charge >= 0.3 is 5.97 Å². The van der Waals surface area contributed by atoms with Gasteiger partial charge in [0.15, 0.2) is 11.6 Å². The van der Waals surface area contributed by atoms with Crippen molar-refractivity contribution in [3.8, 4) is 5.75 Å². The number of unbranched alkanes of at least 4 members (excludes halogenated alkanes) is 1. The van der Waals surface area contributed by atoms with Crippen molar-refractivity contribution >= 4 is 5.97 Å². The van der Waals surface area contributed by atoms with E-state index in [1.54, 1.807) is 12.1 Å².